The molecule has 24 heavy (non-hydrogen) atoms. The van der Waals surface area contributed by atoms with E-state index in [1.54, 1.807) is 26.2 Å². The molecule has 1 aromatic rings. The number of fused-ring (bicyclic) bond motifs is 1. The minimum atomic E-state index is -3.45. The Bertz CT molecular complexity index is 768. The van der Waals surface area contributed by atoms with E-state index in [-0.39, 0.29) is 5.91 Å². The molecular weight excluding hydrogens is 324 g/mol. The van der Waals surface area contributed by atoms with Crippen molar-refractivity contribution in [1.29, 1.82) is 0 Å². The average molecular weight is 348 g/mol. The van der Waals surface area contributed by atoms with Crippen molar-refractivity contribution in [3.8, 4) is 0 Å². The van der Waals surface area contributed by atoms with Gasteiger partial charge in [-0.15, -0.1) is 0 Å². The van der Waals surface area contributed by atoms with Crippen molar-refractivity contribution in [1.82, 2.24) is 9.21 Å². The van der Waals surface area contributed by atoms with Crippen molar-refractivity contribution >= 4 is 15.9 Å². The summed E-state index contributed by atoms with van der Waals surface area (Å²) in [6.45, 7) is 1.09. The fraction of sp³-hybridized carbons (Fsp3) is 0.500. The second-order valence-electron chi connectivity index (χ2n) is 6.72. The molecule has 2 aliphatic rings. The minimum absolute atomic E-state index is 0.165. The van der Waals surface area contributed by atoms with E-state index in [9.17, 15) is 13.2 Å². The zero-order chi connectivity index (χ0) is 17.3. The molecule has 130 valence electrons. The van der Waals surface area contributed by atoms with Crippen LogP contribution in [0.2, 0.25) is 0 Å². The fourth-order valence-electron chi connectivity index (χ4n) is 3.44. The molecule has 0 saturated carbocycles. The average Bonchev–Trinajstić information content (AvgIpc) is 3.06. The second-order valence-corrected chi connectivity index (χ2v) is 8.84. The predicted molar refractivity (Wildman–Crippen MR) is 92.9 cm³/mol. The first-order valence-electron chi connectivity index (χ1n) is 8.37. The summed E-state index contributed by atoms with van der Waals surface area (Å²) in [7, 11) is -0.366. The lowest BCUT2D eigenvalue weighted by Crippen LogP contribution is -2.37. The van der Waals surface area contributed by atoms with Gasteiger partial charge >= 0.3 is 0 Å². The van der Waals surface area contributed by atoms with Gasteiger partial charge in [-0.1, -0.05) is 24.3 Å². The standard InChI is InChI=1S/C18H24N2O3S/c1-19(2)24(22,23)17-9-5-8-15-13-20(11-10-16(15)17)18(21)12-14-6-3-4-7-14/h3,5-6,8-9,14H,4,7,10-13H2,1-2H3/t14-/m0/s1. The molecule has 0 saturated heterocycles. The SMILES string of the molecule is CN(C)S(=O)(=O)c1cccc2c1CCN(C(=O)C[C@H]1C=CCC1)C2. The molecule has 1 atom stereocenters. The Morgan fingerprint density at radius 2 is 2.12 bits per heavy atom. The van der Waals surface area contributed by atoms with E-state index in [1.807, 2.05) is 11.0 Å². The van der Waals surface area contributed by atoms with Gasteiger partial charge in [0.2, 0.25) is 15.9 Å². The number of nitrogens with zero attached hydrogens (tertiary/aromatic N) is 2. The van der Waals surface area contributed by atoms with Crippen LogP contribution in [0.4, 0.5) is 0 Å². The lowest BCUT2D eigenvalue weighted by atomic mass is 9.98. The summed E-state index contributed by atoms with van der Waals surface area (Å²) in [5, 5.41) is 0. The number of carbonyl (C=O) groups excluding carboxylic acids is 1. The molecule has 0 aromatic heterocycles. The third-order valence-corrected chi connectivity index (χ3v) is 6.78. The Labute approximate surface area is 144 Å². The summed E-state index contributed by atoms with van der Waals surface area (Å²) < 4.78 is 26.2. The number of carbonyl (C=O) groups is 1. The van der Waals surface area contributed by atoms with Gasteiger partial charge in [0, 0.05) is 33.6 Å². The minimum Gasteiger partial charge on any atom is -0.338 e. The van der Waals surface area contributed by atoms with Crippen LogP contribution in [0.25, 0.3) is 0 Å². The number of allylic oxidation sites excluding steroid dienone is 2. The van der Waals surface area contributed by atoms with Gasteiger partial charge in [-0.3, -0.25) is 4.79 Å². The number of rotatable bonds is 4. The number of amides is 1. The maximum Gasteiger partial charge on any atom is 0.242 e. The number of sulfonamides is 1. The van der Waals surface area contributed by atoms with Gasteiger partial charge in [0.05, 0.1) is 4.90 Å². The Balaban J connectivity index is 1.79. The molecule has 5 nitrogen and oxygen atoms in total. The highest BCUT2D eigenvalue weighted by atomic mass is 32.2. The molecule has 1 aliphatic carbocycles. The monoisotopic (exact) mass is 348 g/mol. The lowest BCUT2D eigenvalue weighted by molar-refractivity contribution is -0.132. The largest absolute Gasteiger partial charge is 0.338 e. The molecule has 0 spiro atoms. The first-order chi connectivity index (χ1) is 11.4. The van der Waals surface area contributed by atoms with Crippen molar-refractivity contribution in [3.63, 3.8) is 0 Å². The molecule has 1 aliphatic heterocycles. The van der Waals surface area contributed by atoms with Gasteiger partial charge in [0.25, 0.3) is 0 Å². The van der Waals surface area contributed by atoms with Gasteiger partial charge in [-0.25, -0.2) is 12.7 Å². The maximum absolute atomic E-state index is 12.5. The molecule has 1 amide bonds. The highest BCUT2D eigenvalue weighted by Crippen LogP contribution is 2.28. The Morgan fingerprint density at radius 3 is 2.79 bits per heavy atom. The van der Waals surface area contributed by atoms with Crippen LogP contribution in [-0.4, -0.2) is 44.2 Å². The third-order valence-electron chi connectivity index (χ3n) is 4.88. The Morgan fingerprint density at radius 1 is 1.33 bits per heavy atom. The summed E-state index contributed by atoms with van der Waals surface area (Å²) in [6.07, 6.45) is 7.54. The van der Waals surface area contributed by atoms with E-state index in [0.29, 0.717) is 36.7 Å². The summed E-state index contributed by atoms with van der Waals surface area (Å²) in [5.74, 6) is 0.525. The summed E-state index contributed by atoms with van der Waals surface area (Å²) in [6, 6.07) is 5.36. The summed E-state index contributed by atoms with van der Waals surface area (Å²) in [5.41, 5.74) is 1.80. The zero-order valence-electron chi connectivity index (χ0n) is 14.2. The van der Waals surface area contributed by atoms with Crippen LogP contribution >= 0.6 is 0 Å². The third kappa shape index (κ3) is 3.26. The molecule has 1 heterocycles. The van der Waals surface area contributed by atoms with Gasteiger partial charge < -0.3 is 4.90 Å². The molecular formula is C18H24N2O3S. The maximum atomic E-state index is 12.5. The van der Waals surface area contributed by atoms with Gasteiger partial charge in [-0.2, -0.15) is 0 Å². The van der Waals surface area contributed by atoms with E-state index >= 15 is 0 Å². The van der Waals surface area contributed by atoms with E-state index in [1.165, 1.54) is 4.31 Å². The van der Waals surface area contributed by atoms with Crippen LogP contribution in [0.3, 0.4) is 0 Å². The number of hydrogen-bond donors (Lipinski definition) is 0. The van der Waals surface area contributed by atoms with Crippen molar-refractivity contribution in [2.75, 3.05) is 20.6 Å². The van der Waals surface area contributed by atoms with Crippen molar-refractivity contribution in [2.45, 2.75) is 37.1 Å². The van der Waals surface area contributed by atoms with Gasteiger partial charge in [-0.05, 0) is 42.4 Å². The summed E-state index contributed by atoms with van der Waals surface area (Å²) >= 11 is 0. The van der Waals surface area contributed by atoms with E-state index < -0.39 is 10.0 Å². The summed E-state index contributed by atoms with van der Waals surface area (Å²) in [4.78, 5) is 14.8. The molecule has 0 unspecified atom stereocenters. The fourth-order valence-corrected chi connectivity index (χ4v) is 4.63. The Hall–Kier alpha value is -1.66. The highest BCUT2D eigenvalue weighted by molar-refractivity contribution is 7.89. The molecule has 0 radical (unpaired) electrons. The Kier molecular flexibility index (Phi) is 4.78. The smallest absolute Gasteiger partial charge is 0.242 e. The van der Waals surface area contributed by atoms with Crippen LogP contribution in [0.15, 0.2) is 35.2 Å². The van der Waals surface area contributed by atoms with Crippen LogP contribution in [0, 0.1) is 5.92 Å². The van der Waals surface area contributed by atoms with Gasteiger partial charge in [0.1, 0.15) is 0 Å². The molecule has 6 heteroatoms. The van der Waals surface area contributed by atoms with Crippen LogP contribution < -0.4 is 0 Å². The topological polar surface area (TPSA) is 57.7 Å². The normalized spacial score (nSPS) is 20.5. The van der Waals surface area contributed by atoms with Crippen molar-refractivity contribution in [3.05, 3.63) is 41.5 Å². The van der Waals surface area contributed by atoms with E-state index in [4.69, 9.17) is 0 Å². The predicted octanol–water partition coefficient (Wildman–Crippen LogP) is 2.18. The second kappa shape index (κ2) is 6.69. The number of hydrogen-bond acceptors (Lipinski definition) is 3. The quantitative estimate of drug-likeness (QED) is 0.784. The van der Waals surface area contributed by atoms with E-state index in [0.717, 1.165) is 24.0 Å². The van der Waals surface area contributed by atoms with Crippen LogP contribution in [-0.2, 0) is 27.8 Å². The first kappa shape index (κ1) is 17.2. The highest BCUT2D eigenvalue weighted by Gasteiger charge is 2.28. The first-order valence-corrected chi connectivity index (χ1v) is 9.81. The molecule has 0 bridgehead atoms. The molecule has 3 rings (SSSR count). The van der Waals surface area contributed by atoms with Crippen molar-refractivity contribution in [2.24, 2.45) is 5.92 Å². The number of benzene rings is 1. The van der Waals surface area contributed by atoms with Crippen molar-refractivity contribution < 1.29 is 13.2 Å². The lowest BCUT2D eigenvalue weighted by Gasteiger charge is -2.31. The zero-order valence-corrected chi connectivity index (χ0v) is 15.1. The van der Waals surface area contributed by atoms with Gasteiger partial charge in [0.15, 0.2) is 0 Å². The molecule has 1 aromatic carbocycles. The molecule has 0 N–H and O–H groups in total. The van der Waals surface area contributed by atoms with E-state index in [2.05, 4.69) is 12.2 Å². The molecule has 0 fully saturated rings. The van der Waals surface area contributed by atoms with Crippen LogP contribution in [0.1, 0.15) is 30.4 Å². The van der Waals surface area contributed by atoms with Crippen LogP contribution in [0.5, 0.6) is 0 Å².